The molecule has 0 bridgehead atoms. The first-order valence-electron chi connectivity index (χ1n) is 7.78. The Morgan fingerprint density at radius 3 is 2.70 bits per heavy atom. The summed E-state index contributed by atoms with van der Waals surface area (Å²) in [7, 11) is 0. The quantitative estimate of drug-likeness (QED) is 0.930. The van der Waals surface area contributed by atoms with E-state index in [9.17, 15) is 4.79 Å². The van der Waals surface area contributed by atoms with Crippen LogP contribution in [0.15, 0.2) is 16.9 Å². The zero-order chi connectivity index (χ0) is 16.2. The van der Waals surface area contributed by atoms with Gasteiger partial charge in [0.15, 0.2) is 5.82 Å². The Balaban J connectivity index is 1.59. The molecule has 0 aromatic carbocycles. The van der Waals surface area contributed by atoms with Crippen LogP contribution in [0.25, 0.3) is 0 Å². The highest BCUT2D eigenvalue weighted by molar-refractivity contribution is 5.95. The van der Waals surface area contributed by atoms with E-state index in [1.807, 2.05) is 0 Å². The summed E-state index contributed by atoms with van der Waals surface area (Å²) in [6.07, 6.45) is 6.66. The van der Waals surface area contributed by atoms with Gasteiger partial charge in [0.1, 0.15) is 17.4 Å². The summed E-state index contributed by atoms with van der Waals surface area (Å²) in [6.45, 7) is 4.59. The van der Waals surface area contributed by atoms with E-state index >= 15 is 0 Å². The SMILES string of the molecule is Cc1noc(C)c1C(=O)NCc1cnc(C2CCCCO2)nc1. The van der Waals surface area contributed by atoms with E-state index in [0.29, 0.717) is 29.4 Å². The van der Waals surface area contributed by atoms with Crippen molar-refractivity contribution in [1.29, 1.82) is 0 Å². The van der Waals surface area contributed by atoms with Crippen molar-refractivity contribution in [2.24, 2.45) is 0 Å². The maximum atomic E-state index is 12.2. The summed E-state index contributed by atoms with van der Waals surface area (Å²) in [4.78, 5) is 20.9. The molecule has 0 radical (unpaired) electrons. The van der Waals surface area contributed by atoms with Gasteiger partial charge in [-0.25, -0.2) is 9.97 Å². The lowest BCUT2D eigenvalue weighted by atomic mass is 10.1. The van der Waals surface area contributed by atoms with Crippen molar-refractivity contribution in [3.63, 3.8) is 0 Å². The fraction of sp³-hybridized carbons (Fsp3) is 0.500. The van der Waals surface area contributed by atoms with Crippen molar-refractivity contribution in [1.82, 2.24) is 20.4 Å². The van der Waals surface area contributed by atoms with Gasteiger partial charge in [-0.2, -0.15) is 0 Å². The van der Waals surface area contributed by atoms with E-state index < -0.39 is 0 Å². The molecule has 3 rings (SSSR count). The Hall–Kier alpha value is -2.28. The van der Waals surface area contributed by atoms with Gasteiger partial charge in [0, 0.05) is 31.1 Å². The number of ether oxygens (including phenoxy) is 1. The number of hydrogen-bond donors (Lipinski definition) is 1. The predicted octanol–water partition coefficient (Wildman–Crippen LogP) is 2.25. The molecule has 0 saturated carbocycles. The van der Waals surface area contributed by atoms with Gasteiger partial charge in [-0.15, -0.1) is 0 Å². The summed E-state index contributed by atoms with van der Waals surface area (Å²) >= 11 is 0. The minimum atomic E-state index is -0.207. The molecule has 0 aliphatic carbocycles. The third-order valence-corrected chi connectivity index (χ3v) is 3.91. The Bertz CT molecular complexity index is 656. The summed E-state index contributed by atoms with van der Waals surface area (Å²) in [5.41, 5.74) is 1.91. The first-order valence-corrected chi connectivity index (χ1v) is 7.78. The molecule has 1 fully saturated rings. The molecule has 23 heavy (non-hydrogen) atoms. The minimum absolute atomic E-state index is 0.00491. The molecule has 1 aliphatic rings. The molecule has 1 aliphatic heterocycles. The number of carbonyl (C=O) groups is 1. The Labute approximate surface area is 134 Å². The van der Waals surface area contributed by atoms with Crippen LogP contribution in [0.1, 0.15) is 58.6 Å². The van der Waals surface area contributed by atoms with Gasteiger partial charge in [-0.1, -0.05) is 5.16 Å². The average molecular weight is 316 g/mol. The lowest BCUT2D eigenvalue weighted by molar-refractivity contribution is 0.00940. The van der Waals surface area contributed by atoms with E-state index in [0.717, 1.165) is 31.4 Å². The number of nitrogens with one attached hydrogen (secondary N) is 1. The Kier molecular flexibility index (Phi) is 4.66. The van der Waals surface area contributed by atoms with Gasteiger partial charge in [-0.05, 0) is 33.1 Å². The number of rotatable bonds is 4. The van der Waals surface area contributed by atoms with Crippen molar-refractivity contribution in [3.8, 4) is 0 Å². The van der Waals surface area contributed by atoms with Crippen LogP contribution in [-0.4, -0.2) is 27.6 Å². The van der Waals surface area contributed by atoms with Gasteiger partial charge in [0.25, 0.3) is 5.91 Å². The predicted molar refractivity (Wildman–Crippen MR) is 81.7 cm³/mol. The van der Waals surface area contributed by atoms with Crippen molar-refractivity contribution in [2.75, 3.05) is 6.61 Å². The van der Waals surface area contributed by atoms with Crippen LogP contribution in [-0.2, 0) is 11.3 Å². The standard InChI is InChI=1S/C16H20N4O3/c1-10-14(11(2)23-20-10)16(21)19-9-12-7-17-15(18-8-12)13-5-3-4-6-22-13/h7-8,13H,3-6,9H2,1-2H3,(H,19,21). The van der Waals surface area contributed by atoms with Crippen molar-refractivity contribution in [3.05, 3.63) is 40.8 Å². The molecule has 1 saturated heterocycles. The van der Waals surface area contributed by atoms with Crippen molar-refractivity contribution >= 4 is 5.91 Å². The van der Waals surface area contributed by atoms with E-state index in [1.165, 1.54) is 0 Å². The van der Waals surface area contributed by atoms with Gasteiger partial charge in [-0.3, -0.25) is 4.79 Å². The first kappa shape index (κ1) is 15.6. The summed E-state index contributed by atoms with van der Waals surface area (Å²) in [5.74, 6) is 1.02. The van der Waals surface area contributed by atoms with Crippen LogP contribution in [0.2, 0.25) is 0 Å². The average Bonchev–Trinajstić information content (AvgIpc) is 2.93. The number of hydrogen-bond acceptors (Lipinski definition) is 6. The maximum Gasteiger partial charge on any atom is 0.257 e. The topological polar surface area (TPSA) is 90.1 Å². The number of nitrogens with zero attached hydrogens (tertiary/aromatic N) is 3. The fourth-order valence-electron chi connectivity index (χ4n) is 2.64. The van der Waals surface area contributed by atoms with Crippen LogP contribution in [0, 0.1) is 13.8 Å². The number of carbonyl (C=O) groups excluding carboxylic acids is 1. The van der Waals surface area contributed by atoms with E-state index in [1.54, 1.807) is 26.2 Å². The van der Waals surface area contributed by atoms with Gasteiger partial charge >= 0.3 is 0 Å². The maximum absolute atomic E-state index is 12.2. The second kappa shape index (κ2) is 6.87. The van der Waals surface area contributed by atoms with Gasteiger partial charge in [0.2, 0.25) is 0 Å². The molecule has 2 aromatic heterocycles. The van der Waals surface area contributed by atoms with Crippen LogP contribution < -0.4 is 5.32 Å². The molecule has 1 unspecified atom stereocenters. The molecular weight excluding hydrogens is 296 g/mol. The number of aryl methyl sites for hydroxylation is 2. The van der Waals surface area contributed by atoms with Crippen LogP contribution >= 0.6 is 0 Å². The zero-order valence-electron chi connectivity index (χ0n) is 13.3. The molecule has 0 spiro atoms. The highest BCUT2D eigenvalue weighted by Crippen LogP contribution is 2.24. The Morgan fingerprint density at radius 2 is 2.09 bits per heavy atom. The minimum Gasteiger partial charge on any atom is -0.370 e. The first-order chi connectivity index (χ1) is 11.1. The highest BCUT2D eigenvalue weighted by Gasteiger charge is 2.19. The third kappa shape index (κ3) is 3.56. The molecule has 122 valence electrons. The lowest BCUT2D eigenvalue weighted by Crippen LogP contribution is -2.24. The van der Waals surface area contributed by atoms with Crippen LogP contribution in [0.5, 0.6) is 0 Å². The molecule has 7 heteroatoms. The van der Waals surface area contributed by atoms with Crippen LogP contribution in [0.3, 0.4) is 0 Å². The second-order valence-corrected chi connectivity index (χ2v) is 5.69. The van der Waals surface area contributed by atoms with Gasteiger partial charge < -0.3 is 14.6 Å². The zero-order valence-corrected chi connectivity index (χ0v) is 13.3. The van der Waals surface area contributed by atoms with E-state index in [4.69, 9.17) is 9.26 Å². The summed E-state index contributed by atoms with van der Waals surface area (Å²) in [6, 6.07) is 0. The molecule has 1 amide bonds. The summed E-state index contributed by atoms with van der Waals surface area (Å²) < 4.78 is 10.7. The molecule has 1 N–H and O–H groups in total. The van der Waals surface area contributed by atoms with Crippen LogP contribution in [0.4, 0.5) is 0 Å². The van der Waals surface area contributed by atoms with Crippen molar-refractivity contribution in [2.45, 2.75) is 45.8 Å². The highest BCUT2D eigenvalue weighted by atomic mass is 16.5. The summed E-state index contributed by atoms with van der Waals surface area (Å²) in [5, 5.41) is 6.61. The third-order valence-electron chi connectivity index (χ3n) is 3.91. The normalized spacial score (nSPS) is 17.9. The fourth-order valence-corrected chi connectivity index (χ4v) is 2.64. The smallest absolute Gasteiger partial charge is 0.257 e. The second-order valence-electron chi connectivity index (χ2n) is 5.69. The van der Waals surface area contributed by atoms with Gasteiger partial charge in [0.05, 0.1) is 5.69 Å². The van der Waals surface area contributed by atoms with E-state index in [-0.39, 0.29) is 12.0 Å². The Morgan fingerprint density at radius 1 is 1.30 bits per heavy atom. The largest absolute Gasteiger partial charge is 0.370 e. The molecular formula is C16H20N4O3. The van der Waals surface area contributed by atoms with E-state index in [2.05, 4.69) is 20.4 Å². The monoisotopic (exact) mass is 316 g/mol. The molecule has 2 aromatic rings. The molecule has 1 atom stereocenters. The molecule has 7 nitrogen and oxygen atoms in total. The number of amides is 1. The lowest BCUT2D eigenvalue weighted by Gasteiger charge is -2.21. The number of aromatic nitrogens is 3. The van der Waals surface area contributed by atoms with Crippen molar-refractivity contribution < 1.29 is 14.1 Å². The molecule has 3 heterocycles.